The number of benzene rings is 1. The van der Waals surface area contributed by atoms with Crippen LogP contribution in [0.3, 0.4) is 0 Å². The molecule has 1 aliphatic rings. The molecule has 1 saturated carbocycles. The summed E-state index contributed by atoms with van der Waals surface area (Å²) in [4.78, 5) is 11.9. The number of halogens is 4. The minimum atomic E-state index is -4.72. The first kappa shape index (κ1) is 21.7. The molecule has 0 spiro atoms. The highest BCUT2D eigenvalue weighted by Crippen LogP contribution is 2.35. The van der Waals surface area contributed by atoms with Crippen LogP contribution in [0.25, 0.3) is 0 Å². The van der Waals surface area contributed by atoms with Gasteiger partial charge in [0, 0.05) is 6.54 Å². The summed E-state index contributed by atoms with van der Waals surface area (Å²) in [5.74, 6) is -0.534. The van der Waals surface area contributed by atoms with Crippen molar-refractivity contribution < 1.29 is 26.4 Å². The smallest absolute Gasteiger partial charge is 0.351 e. The SMILES string of the molecule is C=CCNC(=O)C1(NS(=O)(=O)c2cc(C(F)(F)F)ccc2Cl)CCCCC1. The summed E-state index contributed by atoms with van der Waals surface area (Å²) in [7, 11) is -4.47. The molecule has 2 rings (SSSR count). The van der Waals surface area contributed by atoms with Crippen molar-refractivity contribution in [1.82, 2.24) is 10.0 Å². The Balaban J connectivity index is 2.42. The van der Waals surface area contributed by atoms with E-state index in [-0.39, 0.29) is 24.4 Å². The molecule has 1 aliphatic carbocycles. The zero-order valence-corrected chi connectivity index (χ0v) is 16.0. The second-order valence-corrected chi connectivity index (χ2v) is 8.45. The van der Waals surface area contributed by atoms with Gasteiger partial charge in [-0.25, -0.2) is 8.42 Å². The van der Waals surface area contributed by atoms with Gasteiger partial charge in [-0.3, -0.25) is 4.79 Å². The molecular formula is C17H20ClF3N2O3S. The van der Waals surface area contributed by atoms with Crippen LogP contribution in [-0.4, -0.2) is 26.4 Å². The van der Waals surface area contributed by atoms with Crippen molar-refractivity contribution in [3.63, 3.8) is 0 Å². The fourth-order valence-corrected chi connectivity index (χ4v) is 5.01. The summed E-state index contributed by atoms with van der Waals surface area (Å²) in [6.45, 7) is 3.64. The topological polar surface area (TPSA) is 75.3 Å². The molecule has 27 heavy (non-hydrogen) atoms. The van der Waals surface area contributed by atoms with Crippen molar-refractivity contribution in [2.24, 2.45) is 0 Å². The number of sulfonamides is 1. The predicted octanol–water partition coefficient (Wildman–Crippen LogP) is 3.64. The Labute approximate surface area is 161 Å². The largest absolute Gasteiger partial charge is 0.416 e. The van der Waals surface area contributed by atoms with Gasteiger partial charge >= 0.3 is 6.18 Å². The minimum Gasteiger partial charge on any atom is -0.351 e. The summed E-state index contributed by atoms with van der Waals surface area (Å²) < 4.78 is 66.8. The van der Waals surface area contributed by atoms with E-state index in [1.807, 2.05) is 0 Å². The van der Waals surface area contributed by atoms with Crippen LogP contribution < -0.4 is 10.0 Å². The van der Waals surface area contributed by atoms with Gasteiger partial charge in [0.15, 0.2) is 0 Å². The Morgan fingerprint density at radius 2 is 1.89 bits per heavy atom. The Morgan fingerprint density at radius 3 is 2.44 bits per heavy atom. The van der Waals surface area contributed by atoms with Crippen molar-refractivity contribution in [1.29, 1.82) is 0 Å². The molecule has 0 atom stereocenters. The monoisotopic (exact) mass is 424 g/mol. The van der Waals surface area contributed by atoms with Gasteiger partial charge in [-0.2, -0.15) is 17.9 Å². The molecule has 0 aromatic heterocycles. The molecule has 1 fully saturated rings. The number of hydrogen-bond acceptors (Lipinski definition) is 3. The van der Waals surface area contributed by atoms with E-state index in [0.29, 0.717) is 25.0 Å². The Morgan fingerprint density at radius 1 is 1.26 bits per heavy atom. The van der Waals surface area contributed by atoms with Gasteiger partial charge in [-0.05, 0) is 31.0 Å². The van der Waals surface area contributed by atoms with Crippen molar-refractivity contribution in [2.45, 2.75) is 48.7 Å². The zero-order valence-electron chi connectivity index (χ0n) is 14.4. The van der Waals surface area contributed by atoms with Crippen molar-refractivity contribution >= 4 is 27.5 Å². The average Bonchev–Trinajstić information content (AvgIpc) is 2.59. The van der Waals surface area contributed by atoms with Gasteiger partial charge in [0.25, 0.3) is 0 Å². The number of nitrogens with one attached hydrogen (secondary N) is 2. The van der Waals surface area contributed by atoms with Crippen LogP contribution in [0.2, 0.25) is 5.02 Å². The van der Waals surface area contributed by atoms with Gasteiger partial charge < -0.3 is 5.32 Å². The van der Waals surface area contributed by atoms with Gasteiger partial charge in [-0.1, -0.05) is 36.9 Å². The van der Waals surface area contributed by atoms with Crippen LogP contribution in [0, 0.1) is 0 Å². The Hall–Kier alpha value is -1.58. The molecule has 1 amide bonds. The van der Waals surface area contributed by atoms with Crippen LogP contribution >= 0.6 is 11.6 Å². The molecule has 0 unspecified atom stereocenters. The number of carbonyl (C=O) groups is 1. The Kier molecular flexibility index (Phi) is 6.59. The summed E-state index contributed by atoms with van der Waals surface area (Å²) in [5.41, 5.74) is -2.57. The lowest BCUT2D eigenvalue weighted by atomic mass is 9.82. The van der Waals surface area contributed by atoms with Crippen molar-refractivity contribution in [3.8, 4) is 0 Å². The summed E-state index contributed by atoms with van der Waals surface area (Å²) >= 11 is 5.86. The lowest BCUT2D eigenvalue weighted by molar-refractivity contribution is -0.137. The normalized spacial score (nSPS) is 17.3. The van der Waals surface area contributed by atoms with E-state index in [2.05, 4.69) is 16.6 Å². The molecule has 0 saturated heterocycles. The van der Waals surface area contributed by atoms with E-state index in [1.54, 1.807) is 0 Å². The fraction of sp³-hybridized carbons (Fsp3) is 0.471. The highest BCUT2D eigenvalue weighted by Gasteiger charge is 2.43. The molecule has 0 radical (unpaired) electrons. The van der Waals surface area contributed by atoms with Gasteiger partial charge in [0.1, 0.15) is 10.4 Å². The highest BCUT2D eigenvalue weighted by molar-refractivity contribution is 7.89. The first-order valence-electron chi connectivity index (χ1n) is 8.32. The summed E-state index contributed by atoms with van der Waals surface area (Å²) in [6.07, 6.45) is -0.730. The van der Waals surface area contributed by atoms with E-state index in [0.717, 1.165) is 12.5 Å². The third kappa shape index (κ3) is 5.03. The molecule has 0 heterocycles. The van der Waals surface area contributed by atoms with Crippen LogP contribution in [0.5, 0.6) is 0 Å². The lowest BCUT2D eigenvalue weighted by Gasteiger charge is -2.36. The van der Waals surface area contributed by atoms with Crippen LogP contribution in [0.1, 0.15) is 37.7 Å². The second-order valence-electron chi connectivity index (χ2n) is 6.39. The van der Waals surface area contributed by atoms with Crippen LogP contribution in [0.15, 0.2) is 35.7 Å². The molecule has 1 aromatic carbocycles. The maximum atomic E-state index is 13.0. The van der Waals surface area contributed by atoms with E-state index < -0.39 is 38.1 Å². The van der Waals surface area contributed by atoms with E-state index in [9.17, 15) is 26.4 Å². The number of carbonyl (C=O) groups excluding carboxylic acids is 1. The van der Waals surface area contributed by atoms with Crippen molar-refractivity contribution in [2.75, 3.05) is 6.54 Å². The standard InChI is InChI=1S/C17H20ClF3N2O3S/c1-2-10-22-15(24)16(8-4-3-5-9-16)23-27(25,26)14-11-12(17(19,20)21)6-7-13(14)18/h2,6-7,11,23H,1,3-5,8-10H2,(H,22,24). The second kappa shape index (κ2) is 8.20. The number of hydrogen-bond donors (Lipinski definition) is 2. The lowest BCUT2D eigenvalue weighted by Crippen LogP contribution is -2.59. The molecule has 2 N–H and O–H groups in total. The summed E-state index contributed by atoms with van der Waals surface area (Å²) in [6, 6.07) is 2.06. The van der Waals surface area contributed by atoms with E-state index in [4.69, 9.17) is 11.6 Å². The predicted molar refractivity (Wildman–Crippen MR) is 95.8 cm³/mol. The first-order chi connectivity index (χ1) is 12.5. The van der Waals surface area contributed by atoms with Gasteiger partial charge in [-0.15, -0.1) is 6.58 Å². The molecule has 10 heteroatoms. The fourth-order valence-electron chi connectivity index (χ4n) is 3.06. The third-order valence-corrected chi connectivity index (χ3v) is 6.44. The number of amides is 1. The van der Waals surface area contributed by atoms with E-state index in [1.165, 1.54) is 6.08 Å². The maximum Gasteiger partial charge on any atom is 0.416 e. The van der Waals surface area contributed by atoms with E-state index >= 15 is 0 Å². The third-order valence-electron chi connectivity index (χ3n) is 4.43. The molecule has 0 bridgehead atoms. The maximum absolute atomic E-state index is 13.0. The molecule has 1 aromatic rings. The van der Waals surface area contributed by atoms with Crippen LogP contribution in [0.4, 0.5) is 13.2 Å². The molecule has 150 valence electrons. The molecular weight excluding hydrogens is 405 g/mol. The quantitative estimate of drug-likeness (QED) is 0.684. The molecule has 5 nitrogen and oxygen atoms in total. The average molecular weight is 425 g/mol. The Bertz CT molecular complexity index is 819. The van der Waals surface area contributed by atoms with Crippen LogP contribution in [-0.2, 0) is 21.0 Å². The summed E-state index contributed by atoms with van der Waals surface area (Å²) in [5, 5.41) is 2.22. The van der Waals surface area contributed by atoms with Gasteiger partial charge in [0.2, 0.25) is 15.9 Å². The van der Waals surface area contributed by atoms with Crippen molar-refractivity contribution in [3.05, 3.63) is 41.4 Å². The first-order valence-corrected chi connectivity index (χ1v) is 10.2. The van der Waals surface area contributed by atoms with Gasteiger partial charge in [0.05, 0.1) is 10.6 Å². The highest BCUT2D eigenvalue weighted by atomic mass is 35.5. The number of rotatable bonds is 6. The molecule has 0 aliphatic heterocycles. The zero-order chi connectivity index (χ0) is 20.3. The number of alkyl halides is 3. The minimum absolute atomic E-state index is 0.145.